The second kappa shape index (κ2) is 9.71. The van der Waals surface area contributed by atoms with E-state index in [1.165, 1.54) is 41.9 Å². The summed E-state index contributed by atoms with van der Waals surface area (Å²) in [5.74, 6) is 0.684. The third-order valence-corrected chi connectivity index (χ3v) is 10.9. The summed E-state index contributed by atoms with van der Waals surface area (Å²) in [6, 6.07) is 36.5. The van der Waals surface area contributed by atoms with E-state index in [1.807, 2.05) is 6.08 Å². The zero-order valence-electron chi connectivity index (χ0n) is 23.9. The molecule has 0 saturated heterocycles. The molecular weight excluding hydrogens is 575 g/mol. The molecule has 0 saturated carbocycles. The summed E-state index contributed by atoms with van der Waals surface area (Å²) in [6.07, 6.45) is 6.32. The first kappa shape index (κ1) is 25.4. The Kier molecular flexibility index (Phi) is 5.61. The lowest BCUT2D eigenvalue weighted by atomic mass is 9.97. The second-order valence-electron chi connectivity index (χ2n) is 10.9. The highest BCUT2D eigenvalue weighted by Crippen LogP contribution is 2.48. The standard InChI is InChI=1S/C39H25N3S2/c1-3-14-27-30(4-2)43-37-33(27)25-18-9-8-17-24(25)32-26-19-10-12-21-29(26)42(36(32)37)39-40-34(23-15-6-5-7-16-23)38-35(41-39)28-20-11-13-22-31(28)44-38/h3-22H,2H2,1H3/b14-3-. The highest BCUT2D eigenvalue weighted by Gasteiger charge is 2.25. The van der Waals surface area contributed by atoms with Gasteiger partial charge in [0.05, 0.1) is 31.6 Å². The number of hydrogen-bond donors (Lipinski definition) is 0. The molecular formula is C39H25N3S2. The molecule has 3 nitrogen and oxygen atoms in total. The fraction of sp³-hybridized carbons (Fsp3) is 0.0256. The molecule has 0 unspecified atom stereocenters. The van der Waals surface area contributed by atoms with E-state index < -0.39 is 0 Å². The maximum atomic E-state index is 5.41. The van der Waals surface area contributed by atoms with Crippen LogP contribution in [0.1, 0.15) is 17.4 Å². The van der Waals surface area contributed by atoms with Gasteiger partial charge in [-0.1, -0.05) is 116 Å². The van der Waals surface area contributed by atoms with Gasteiger partial charge in [0.25, 0.3) is 0 Å². The highest BCUT2D eigenvalue weighted by atomic mass is 32.1. The van der Waals surface area contributed by atoms with Crippen LogP contribution in [0.15, 0.2) is 116 Å². The number of nitrogens with zero attached hydrogens (tertiary/aromatic N) is 3. The van der Waals surface area contributed by atoms with Crippen LogP contribution < -0.4 is 0 Å². The van der Waals surface area contributed by atoms with Crippen molar-refractivity contribution in [1.82, 2.24) is 14.5 Å². The van der Waals surface area contributed by atoms with Crippen molar-refractivity contribution in [3.05, 3.63) is 126 Å². The third kappa shape index (κ3) is 3.48. The molecule has 4 heterocycles. The largest absolute Gasteiger partial charge is 0.276 e. The van der Waals surface area contributed by atoms with E-state index in [0.29, 0.717) is 5.95 Å². The predicted molar refractivity (Wildman–Crippen MR) is 192 cm³/mol. The molecule has 0 spiro atoms. The zero-order chi connectivity index (χ0) is 29.4. The molecule has 0 aliphatic carbocycles. The maximum Gasteiger partial charge on any atom is 0.235 e. The molecule has 0 bridgehead atoms. The Labute approximate surface area is 261 Å². The molecule has 0 aliphatic heterocycles. The van der Waals surface area contributed by atoms with E-state index in [1.54, 1.807) is 22.7 Å². The molecule has 5 aromatic carbocycles. The van der Waals surface area contributed by atoms with Crippen molar-refractivity contribution in [3.63, 3.8) is 0 Å². The van der Waals surface area contributed by atoms with Crippen molar-refractivity contribution in [2.24, 2.45) is 0 Å². The molecule has 9 aromatic rings. The molecule has 4 aromatic heterocycles. The first-order valence-electron chi connectivity index (χ1n) is 14.7. The summed E-state index contributed by atoms with van der Waals surface area (Å²) < 4.78 is 5.85. The van der Waals surface area contributed by atoms with E-state index >= 15 is 0 Å². The fourth-order valence-electron chi connectivity index (χ4n) is 6.70. The van der Waals surface area contributed by atoms with Gasteiger partial charge in [-0.25, -0.2) is 9.97 Å². The summed E-state index contributed by atoms with van der Waals surface area (Å²) in [4.78, 5) is 12.0. The minimum Gasteiger partial charge on any atom is -0.276 e. The van der Waals surface area contributed by atoms with Crippen molar-refractivity contribution in [3.8, 4) is 17.2 Å². The van der Waals surface area contributed by atoms with Gasteiger partial charge in [0.15, 0.2) is 0 Å². The van der Waals surface area contributed by atoms with E-state index in [4.69, 9.17) is 9.97 Å². The van der Waals surface area contributed by atoms with Gasteiger partial charge in [0, 0.05) is 42.2 Å². The third-order valence-electron chi connectivity index (χ3n) is 8.50. The van der Waals surface area contributed by atoms with Crippen LogP contribution in [0, 0.1) is 0 Å². The zero-order valence-corrected chi connectivity index (χ0v) is 25.5. The van der Waals surface area contributed by atoms with Crippen LogP contribution in [0.4, 0.5) is 0 Å². The van der Waals surface area contributed by atoms with E-state index in [-0.39, 0.29) is 0 Å². The Morgan fingerprint density at radius 3 is 2.14 bits per heavy atom. The first-order chi connectivity index (χ1) is 21.8. The summed E-state index contributed by atoms with van der Waals surface area (Å²) in [5, 5.41) is 7.32. The molecule has 208 valence electrons. The number of fused-ring (bicyclic) bond motifs is 11. The summed E-state index contributed by atoms with van der Waals surface area (Å²) in [5.41, 5.74) is 6.49. The lowest BCUT2D eigenvalue weighted by Gasteiger charge is -2.11. The summed E-state index contributed by atoms with van der Waals surface area (Å²) >= 11 is 3.56. The van der Waals surface area contributed by atoms with Crippen LogP contribution in [0.25, 0.3) is 92.3 Å². The molecule has 0 N–H and O–H groups in total. The normalized spacial score (nSPS) is 12.2. The Morgan fingerprint density at radius 1 is 0.682 bits per heavy atom. The Morgan fingerprint density at radius 2 is 1.36 bits per heavy atom. The number of aromatic nitrogens is 3. The molecule has 5 heteroatoms. The van der Waals surface area contributed by atoms with Crippen LogP contribution in [0.2, 0.25) is 0 Å². The van der Waals surface area contributed by atoms with Crippen LogP contribution in [-0.2, 0) is 0 Å². The molecule has 0 fully saturated rings. The van der Waals surface area contributed by atoms with Gasteiger partial charge in [-0.3, -0.25) is 4.57 Å². The molecule has 0 aliphatic rings. The van der Waals surface area contributed by atoms with Gasteiger partial charge >= 0.3 is 0 Å². The van der Waals surface area contributed by atoms with Crippen LogP contribution in [0.5, 0.6) is 0 Å². The topological polar surface area (TPSA) is 30.7 Å². The van der Waals surface area contributed by atoms with Gasteiger partial charge in [-0.2, -0.15) is 0 Å². The second-order valence-corrected chi connectivity index (χ2v) is 13.0. The Bertz CT molecular complexity index is 2630. The van der Waals surface area contributed by atoms with Gasteiger partial charge in [0.1, 0.15) is 0 Å². The average Bonchev–Trinajstić information content (AvgIpc) is 3.75. The maximum absolute atomic E-state index is 5.41. The average molecular weight is 600 g/mol. The lowest BCUT2D eigenvalue weighted by molar-refractivity contribution is 1.02. The first-order valence-corrected chi connectivity index (χ1v) is 16.3. The molecule has 0 atom stereocenters. The number of thiophene rings is 2. The Hall–Kier alpha value is -5.10. The number of allylic oxidation sites excluding steroid dienone is 1. The highest BCUT2D eigenvalue weighted by molar-refractivity contribution is 7.26. The molecule has 9 rings (SSSR count). The van der Waals surface area contributed by atoms with Crippen LogP contribution >= 0.6 is 22.7 Å². The quantitative estimate of drug-likeness (QED) is 0.201. The van der Waals surface area contributed by atoms with Gasteiger partial charge in [-0.05, 0) is 29.8 Å². The van der Waals surface area contributed by atoms with E-state index in [2.05, 4.69) is 133 Å². The monoisotopic (exact) mass is 599 g/mol. The Balaban J connectivity index is 1.54. The number of hydrogen-bond acceptors (Lipinski definition) is 4. The lowest BCUT2D eigenvalue weighted by Crippen LogP contribution is -2.03. The van der Waals surface area contributed by atoms with Crippen molar-refractivity contribution in [1.29, 1.82) is 0 Å². The summed E-state index contributed by atoms with van der Waals surface area (Å²) in [7, 11) is 0. The number of rotatable bonds is 4. The van der Waals surface area contributed by atoms with Gasteiger partial charge < -0.3 is 0 Å². The van der Waals surface area contributed by atoms with Gasteiger partial charge in [0.2, 0.25) is 5.95 Å². The summed E-state index contributed by atoms with van der Waals surface area (Å²) in [6.45, 7) is 6.28. The minimum atomic E-state index is 0.684. The fourth-order valence-corrected chi connectivity index (χ4v) is 9.05. The van der Waals surface area contributed by atoms with Crippen molar-refractivity contribution >= 4 is 97.8 Å². The van der Waals surface area contributed by atoms with Crippen molar-refractivity contribution in [2.75, 3.05) is 0 Å². The predicted octanol–water partition coefficient (Wildman–Crippen LogP) is 11.7. The molecule has 0 radical (unpaired) electrons. The number of benzene rings is 5. The molecule has 44 heavy (non-hydrogen) atoms. The number of para-hydroxylation sites is 1. The van der Waals surface area contributed by atoms with Crippen molar-refractivity contribution in [2.45, 2.75) is 6.92 Å². The van der Waals surface area contributed by atoms with Crippen LogP contribution in [-0.4, -0.2) is 14.5 Å². The molecule has 0 amide bonds. The van der Waals surface area contributed by atoms with Gasteiger partial charge in [-0.15, -0.1) is 22.7 Å². The van der Waals surface area contributed by atoms with E-state index in [0.717, 1.165) is 42.8 Å². The minimum absolute atomic E-state index is 0.684. The SMILES string of the molecule is C=Cc1sc2c(c1/C=C\C)c1ccccc1c1c3ccccc3n(-c3nc(-c4ccccc4)c4sc5ccccc5c4n3)c21. The van der Waals surface area contributed by atoms with Crippen molar-refractivity contribution < 1.29 is 0 Å². The van der Waals surface area contributed by atoms with Crippen LogP contribution in [0.3, 0.4) is 0 Å². The van der Waals surface area contributed by atoms with E-state index in [9.17, 15) is 0 Å². The smallest absolute Gasteiger partial charge is 0.235 e.